The number of aromatic amines is 1. The Bertz CT molecular complexity index is 969. The number of H-pyrrole nitrogens is 1. The van der Waals surface area contributed by atoms with Crippen LogP contribution < -0.4 is 10.3 Å². The van der Waals surface area contributed by atoms with Crippen molar-refractivity contribution >= 4 is 0 Å². The summed E-state index contributed by atoms with van der Waals surface area (Å²) in [6, 6.07) is 13.6. The molecule has 2 aromatic heterocycles. The molecule has 0 bridgehead atoms. The summed E-state index contributed by atoms with van der Waals surface area (Å²) in [5, 5.41) is 0. The number of ether oxygens (including phenoxy) is 1. The van der Waals surface area contributed by atoms with Crippen LogP contribution in [0.25, 0.3) is 11.5 Å². The van der Waals surface area contributed by atoms with Crippen molar-refractivity contribution in [2.45, 2.75) is 19.5 Å². The highest BCUT2D eigenvalue weighted by Crippen LogP contribution is 2.23. The second kappa shape index (κ2) is 7.09. The number of aromatic nitrogens is 3. The van der Waals surface area contributed by atoms with Crippen molar-refractivity contribution in [2.24, 2.45) is 0 Å². The van der Waals surface area contributed by atoms with Crippen LogP contribution in [0.2, 0.25) is 0 Å². The minimum atomic E-state index is -0.0830. The molecule has 0 radical (unpaired) electrons. The smallest absolute Gasteiger partial charge is 0.255 e. The minimum Gasteiger partial charge on any atom is -0.496 e. The molecule has 26 heavy (non-hydrogen) atoms. The van der Waals surface area contributed by atoms with E-state index in [1.807, 2.05) is 36.4 Å². The van der Waals surface area contributed by atoms with Crippen molar-refractivity contribution in [2.75, 3.05) is 13.7 Å². The van der Waals surface area contributed by atoms with Crippen molar-refractivity contribution in [3.05, 3.63) is 75.8 Å². The van der Waals surface area contributed by atoms with Gasteiger partial charge in [-0.05, 0) is 18.2 Å². The Balaban J connectivity index is 1.59. The number of rotatable bonds is 4. The molecular weight excluding hydrogens is 328 g/mol. The predicted octanol–water partition coefficient (Wildman–Crippen LogP) is 2.40. The van der Waals surface area contributed by atoms with E-state index in [0.29, 0.717) is 18.1 Å². The highest BCUT2D eigenvalue weighted by molar-refractivity contribution is 5.49. The largest absolute Gasteiger partial charge is 0.496 e. The number of benzene rings is 1. The van der Waals surface area contributed by atoms with E-state index in [-0.39, 0.29) is 5.56 Å². The van der Waals surface area contributed by atoms with E-state index in [1.54, 1.807) is 13.3 Å². The second-order valence-corrected chi connectivity index (χ2v) is 6.33. The molecule has 0 amide bonds. The third-order valence-electron chi connectivity index (χ3n) is 4.64. The number of nitrogens with one attached hydrogen (secondary N) is 1. The van der Waals surface area contributed by atoms with Crippen molar-refractivity contribution in [1.29, 1.82) is 0 Å². The fraction of sp³-hybridized carbons (Fsp3) is 0.250. The molecule has 1 N–H and O–H groups in total. The van der Waals surface area contributed by atoms with E-state index in [9.17, 15) is 4.79 Å². The third kappa shape index (κ3) is 3.23. The van der Waals surface area contributed by atoms with Crippen LogP contribution in [0.3, 0.4) is 0 Å². The summed E-state index contributed by atoms with van der Waals surface area (Å²) in [6.07, 6.45) is 2.44. The molecule has 1 aromatic carbocycles. The average Bonchev–Trinajstić information content (AvgIpc) is 2.69. The molecule has 6 nitrogen and oxygen atoms in total. The molecular formula is C20H20N4O2. The van der Waals surface area contributed by atoms with Crippen LogP contribution in [0.15, 0.2) is 53.5 Å². The van der Waals surface area contributed by atoms with Crippen LogP contribution in [-0.2, 0) is 19.5 Å². The van der Waals surface area contributed by atoms with Gasteiger partial charge in [0, 0.05) is 37.8 Å². The maximum atomic E-state index is 12.6. The predicted molar refractivity (Wildman–Crippen MR) is 98.9 cm³/mol. The van der Waals surface area contributed by atoms with Gasteiger partial charge in [-0.15, -0.1) is 0 Å². The molecule has 0 fully saturated rings. The van der Waals surface area contributed by atoms with Crippen LogP contribution in [-0.4, -0.2) is 33.5 Å². The lowest BCUT2D eigenvalue weighted by Crippen LogP contribution is -2.35. The Morgan fingerprint density at radius 1 is 1.19 bits per heavy atom. The Hall–Kier alpha value is -2.99. The van der Waals surface area contributed by atoms with E-state index in [1.165, 1.54) is 0 Å². The Morgan fingerprint density at radius 2 is 2.04 bits per heavy atom. The van der Waals surface area contributed by atoms with E-state index < -0.39 is 0 Å². The number of nitrogens with zero attached hydrogens (tertiary/aromatic N) is 3. The van der Waals surface area contributed by atoms with E-state index in [4.69, 9.17) is 4.74 Å². The fourth-order valence-corrected chi connectivity index (χ4v) is 3.31. The first-order valence-corrected chi connectivity index (χ1v) is 8.62. The molecule has 132 valence electrons. The molecule has 0 spiro atoms. The Kier molecular flexibility index (Phi) is 4.50. The lowest BCUT2D eigenvalue weighted by atomic mass is 10.1. The highest BCUT2D eigenvalue weighted by Gasteiger charge is 2.22. The van der Waals surface area contributed by atoms with Gasteiger partial charge in [0.1, 0.15) is 11.4 Å². The van der Waals surface area contributed by atoms with Gasteiger partial charge in [0.05, 0.1) is 18.4 Å². The maximum absolute atomic E-state index is 12.6. The summed E-state index contributed by atoms with van der Waals surface area (Å²) in [6.45, 7) is 2.17. The summed E-state index contributed by atoms with van der Waals surface area (Å²) in [5.41, 5.74) is 3.33. The van der Waals surface area contributed by atoms with Crippen molar-refractivity contribution in [3.8, 4) is 17.3 Å². The highest BCUT2D eigenvalue weighted by atomic mass is 16.5. The number of hydrogen-bond donors (Lipinski definition) is 1. The number of hydrogen-bond acceptors (Lipinski definition) is 5. The fourth-order valence-electron chi connectivity index (χ4n) is 3.31. The summed E-state index contributed by atoms with van der Waals surface area (Å²) < 4.78 is 5.43. The van der Waals surface area contributed by atoms with Gasteiger partial charge in [0.2, 0.25) is 0 Å². The van der Waals surface area contributed by atoms with Gasteiger partial charge < -0.3 is 9.72 Å². The van der Waals surface area contributed by atoms with Crippen LogP contribution in [0, 0.1) is 0 Å². The normalized spacial score (nSPS) is 14.0. The first kappa shape index (κ1) is 16.5. The van der Waals surface area contributed by atoms with Gasteiger partial charge in [0.15, 0.2) is 5.82 Å². The molecule has 6 heteroatoms. The SMILES string of the molecule is COc1ccccc1CN1CCc2nc(-c3ccccn3)[nH]c(=O)c2C1. The summed E-state index contributed by atoms with van der Waals surface area (Å²) in [7, 11) is 1.68. The van der Waals surface area contributed by atoms with Gasteiger partial charge in [0.25, 0.3) is 5.56 Å². The summed E-state index contributed by atoms with van der Waals surface area (Å²) in [5.74, 6) is 1.41. The van der Waals surface area contributed by atoms with Gasteiger partial charge in [-0.3, -0.25) is 14.7 Å². The van der Waals surface area contributed by atoms with E-state index in [2.05, 4.69) is 25.9 Å². The van der Waals surface area contributed by atoms with Gasteiger partial charge in [-0.1, -0.05) is 24.3 Å². The Morgan fingerprint density at radius 3 is 2.85 bits per heavy atom. The monoisotopic (exact) mass is 348 g/mol. The number of methoxy groups -OCH3 is 1. The van der Waals surface area contributed by atoms with Gasteiger partial charge in [-0.25, -0.2) is 4.98 Å². The Labute approximate surface area is 151 Å². The molecule has 0 atom stereocenters. The van der Waals surface area contributed by atoms with Gasteiger partial charge >= 0.3 is 0 Å². The first-order chi connectivity index (χ1) is 12.7. The van der Waals surface area contributed by atoms with Gasteiger partial charge in [-0.2, -0.15) is 0 Å². The van der Waals surface area contributed by atoms with Crippen LogP contribution in [0.1, 0.15) is 16.8 Å². The molecule has 3 aromatic rings. The van der Waals surface area contributed by atoms with Crippen molar-refractivity contribution in [3.63, 3.8) is 0 Å². The number of pyridine rings is 1. The van der Waals surface area contributed by atoms with Crippen molar-refractivity contribution < 1.29 is 4.74 Å². The molecule has 1 aliphatic heterocycles. The minimum absolute atomic E-state index is 0.0830. The molecule has 0 saturated heterocycles. The zero-order valence-corrected chi connectivity index (χ0v) is 14.6. The van der Waals surface area contributed by atoms with Crippen LogP contribution in [0.4, 0.5) is 0 Å². The number of fused-ring (bicyclic) bond motifs is 1. The maximum Gasteiger partial charge on any atom is 0.255 e. The average molecular weight is 348 g/mol. The number of para-hydroxylation sites is 1. The molecule has 0 saturated carbocycles. The molecule has 1 aliphatic rings. The molecule has 0 aliphatic carbocycles. The zero-order chi connectivity index (χ0) is 17.9. The lowest BCUT2D eigenvalue weighted by Gasteiger charge is -2.28. The van der Waals surface area contributed by atoms with E-state index >= 15 is 0 Å². The van der Waals surface area contributed by atoms with Crippen molar-refractivity contribution in [1.82, 2.24) is 19.9 Å². The molecule has 0 unspecified atom stereocenters. The van der Waals surface area contributed by atoms with Crippen LogP contribution >= 0.6 is 0 Å². The van der Waals surface area contributed by atoms with E-state index in [0.717, 1.165) is 42.1 Å². The topological polar surface area (TPSA) is 71.1 Å². The molecule has 4 rings (SSSR count). The first-order valence-electron chi connectivity index (χ1n) is 8.62. The lowest BCUT2D eigenvalue weighted by molar-refractivity contribution is 0.238. The second-order valence-electron chi connectivity index (χ2n) is 6.33. The van der Waals surface area contributed by atoms with Crippen LogP contribution in [0.5, 0.6) is 5.75 Å². The summed E-state index contributed by atoms with van der Waals surface area (Å²) >= 11 is 0. The quantitative estimate of drug-likeness (QED) is 0.784. The molecule has 3 heterocycles. The standard InChI is InChI=1S/C20H20N4O2/c1-26-18-8-3-2-6-14(18)12-24-11-9-16-15(13-24)20(25)23-19(22-16)17-7-4-5-10-21-17/h2-8,10H,9,11-13H2,1H3,(H,22,23,25). The zero-order valence-electron chi connectivity index (χ0n) is 14.6. The summed E-state index contributed by atoms with van der Waals surface area (Å²) in [4.78, 5) is 26.7. The third-order valence-corrected chi connectivity index (χ3v) is 4.64.